The fourth-order valence-corrected chi connectivity index (χ4v) is 2.09. The number of halogens is 3. The standard InChI is InChI=1S/C13H8BrF2N3/c1-7-2-8(6-17)3-12(18-7)19-13-10(14)4-9(15)5-11(13)16/h2-5H,1H3,(H,18,19). The molecule has 0 unspecified atom stereocenters. The van der Waals surface area contributed by atoms with Gasteiger partial charge in [0.1, 0.15) is 11.6 Å². The van der Waals surface area contributed by atoms with Gasteiger partial charge in [-0.15, -0.1) is 0 Å². The van der Waals surface area contributed by atoms with Crippen molar-refractivity contribution in [2.45, 2.75) is 6.92 Å². The van der Waals surface area contributed by atoms with Gasteiger partial charge in [-0.1, -0.05) is 0 Å². The number of aromatic nitrogens is 1. The van der Waals surface area contributed by atoms with Crippen LogP contribution in [-0.2, 0) is 0 Å². The van der Waals surface area contributed by atoms with Crippen molar-refractivity contribution >= 4 is 27.4 Å². The molecule has 0 fully saturated rings. The zero-order valence-electron chi connectivity index (χ0n) is 9.84. The van der Waals surface area contributed by atoms with Crippen LogP contribution >= 0.6 is 15.9 Å². The van der Waals surface area contributed by atoms with E-state index in [9.17, 15) is 8.78 Å². The first kappa shape index (κ1) is 13.4. The van der Waals surface area contributed by atoms with Crippen LogP contribution in [0.3, 0.4) is 0 Å². The largest absolute Gasteiger partial charge is 0.337 e. The van der Waals surface area contributed by atoms with Crippen LogP contribution in [0, 0.1) is 29.9 Å². The fraction of sp³-hybridized carbons (Fsp3) is 0.0769. The Morgan fingerprint density at radius 2 is 2.00 bits per heavy atom. The fourth-order valence-electron chi connectivity index (χ4n) is 1.59. The number of rotatable bonds is 2. The molecule has 0 bridgehead atoms. The summed E-state index contributed by atoms with van der Waals surface area (Å²) in [6, 6.07) is 7.00. The number of hydrogen-bond acceptors (Lipinski definition) is 3. The number of nitriles is 1. The summed E-state index contributed by atoms with van der Waals surface area (Å²) in [5.74, 6) is -1.10. The van der Waals surface area contributed by atoms with Crippen molar-refractivity contribution < 1.29 is 8.78 Å². The molecule has 19 heavy (non-hydrogen) atoms. The van der Waals surface area contributed by atoms with Gasteiger partial charge in [0.05, 0.1) is 17.3 Å². The van der Waals surface area contributed by atoms with E-state index < -0.39 is 11.6 Å². The number of anilines is 2. The highest BCUT2D eigenvalue weighted by Crippen LogP contribution is 2.29. The molecule has 0 atom stereocenters. The monoisotopic (exact) mass is 323 g/mol. The molecule has 1 N–H and O–H groups in total. The number of hydrogen-bond donors (Lipinski definition) is 1. The van der Waals surface area contributed by atoms with E-state index in [0.717, 1.165) is 12.1 Å². The van der Waals surface area contributed by atoms with Gasteiger partial charge < -0.3 is 5.32 Å². The summed E-state index contributed by atoms with van der Waals surface area (Å²) in [7, 11) is 0. The second kappa shape index (κ2) is 5.33. The van der Waals surface area contributed by atoms with Gasteiger partial charge in [-0.05, 0) is 41.1 Å². The van der Waals surface area contributed by atoms with E-state index in [2.05, 4.69) is 26.2 Å². The Balaban J connectivity index is 2.42. The molecule has 1 heterocycles. The lowest BCUT2D eigenvalue weighted by Gasteiger charge is -2.10. The third-order valence-electron chi connectivity index (χ3n) is 2.34. The predicted molar refractivity (Wildman–Crippen MR) is 71.0 cm³/mol. The SMILES string of the molecule is Cc1cc(C#N)cc(Nc2c(F)cc(F)cc2Br)n1. The smallest absolute Gasteiger partial charge is 0.150 e. The zero-order chi connectivity index (χ0) is 14.0. The summed E-state index contributed by atoms with van der Waals surface area (Å²) >= 11 is 3.07. The molecule has 0 aliphatic heterocycles. The lowest BCUT2D eigenvalue weighted by Crippen LogP contribution is -2.00. The maximum absolute atomic E-state index is 13.7. The molecule has 0 saturated heterocycles. The highest BCUT2D eigenvalue weighted by atomic mass is 79.9. The van der Waals surface area contributed by atoms with Crippen LogP contribution in [-0.4, -0.2) is 4.98 Å². The third kappa shape index (κ3) is 3.06. The van der Waals surface area contributed by atoms with Gasteiger partial charge in [0, 0.05) is 16.2 Å². The van der Waals surface area contributed by atoms with Crippen LogP contribution in [0.4, 0.5) is 20.3 Å². The topological polar surface area (TPSA) is 48.7 Å². The van der Waals surface area contributed by atoms with E-state index in [4.69, 9.17) is 5.26 Å². The van der Waals surface area contributed by atoms with E-state index in [-0.39, 0.29) is 10.2 Å². The minimum atomic E-state index is -0.742. The molecule has 0 spiro atoms. The molecule has 0 radical (unpaired) electrons. The Kier molecular flexibility index (Phi) is 3.76. The van der Waals surface area contributed by atoms with Gasteiger partial charge >= 0.3 is 0 Å². The number of pyridine rings is 1. The molecule has 2 rings (SSSR count). The van der Waals surface area contributed by atoms with Crippen molar-refractivity contribution in [3.8, 4) is 6.07 Å². The van der Waals surface area contributed by atoms with Gasteiger partial charge in [-0.2, -0.15) is 5.26 Å². The quantitative estimate of drug-likeness (QED) is 0.907. The van der Waals surface area contributed by atoms with Crippen LogP contribution in [0.5, 0.6) is 0 Å². The Bertz CT molecular complexity index is 657. The predicted octanol–water partition coefficient (Wildman–Crippen LogP) is 4.05. The van der Waals surface area contributed by atoms with Crippen molar-refractivity contribution in [1.29, 1.82) is 5.26 Å². The molecule has 0 aliphatic rings. The molecular weight excluding hydrogens is 316 g/mol. The maximum atomic E-state index is 13.7. The summed E-state index contributed by atoms with van der Waals surface area (Å²) < 4.78 is 26.9. The lowest BCUT2D eigenvalue weighted by molar-refractivity contribution is 0.584. The summed E-state index contributed by atoms with van der Waals surface area (Å²) in [5.41, 5.74) is 1.11. The highest BCUT2D eigenvalue weighted by molar-refractivity contribution is 9.10. The van der Waals surface area contributed by atoms with Gasteiger partial charge in [-0.25, -0.2) is 13.8 Å². The van der Waals surface area contributed by atoms with Crippen molar-refractivity contribution in [2.24, 2.45) is 0 Å². The minimum Gasteiger partial charge on any atom is -0.337 e. The van der Waals surface area contributed by atoms with Gasteiger partial charge in [0.25, 0.3) is 0 Å². The second-order valence-electron chi connectivity index (χ2n) is 3.86. The number of benzene rings is 1. The summed E-state index contributed by atoms with van der Waals surface area (Å²) in [5, 5.41) is 11.6. The van der Waals surface area contributed by atoms with E-state index in [1.54, 1.807) is 13.0 Å². The van der Waals surface area contributed by atoms with Crippen molar-refractivity contribution in [1.82, 2.24) is 4.98 Å². The number of nitrogens with one attached hydrogen (secondary N) is 1. The number of aryl methyl sites for hydroxylation is 1. The first-order valence-electron chi connectivity index (χ1n) is 5.30. The molecule has 0 saturated carbocycles. The van der Waals surface area contributed by atoms with E-state index in [1.807, 2.05) is 6.07 Å². The summed E-state index contributed by atoms with van der Waals surface area (Å²) in [6.07, 6.45) is 0. The summed E-state index contributed by atoms with van der Waals surface area (Å²) in [4.78, 5) is 4.14. The molecule has 2 aromatic rings. The van der Waals surface area contributed by atoms with E-state index in [0.29, 0.717) is 17.1 Å². The van der Waals surface area contributed by atoms with Crippen LogP contribution in [0.15, 0.2) is 28.7 Å². The maximum Gasteiger partial charge on any atom is 0.150 e. The number of nitrogens with zero attached hydrogens (tertiary/aromatic N) is 2. The molecule has 1 aromatic heterocycles. The van der Waals surface area contributed by atoms with Crippen LogP contribution in [0.2, 0.25) is 0 Å². The van der Waals surface area contributed by atoms with Crippen LogP contribution in [0.25, 0.3) is 0 Å². The van der Waals surface area contributed by atoms with Gasteiger partial charge in [-0.3, -0.25) is 0 Å². The molecule has 6 heteroatoms. The zero-order valence-corrected chi connectivity index (χ0v) is 11.4. The molecule has 0 aliphatic carbocycles. The van der Waals surface area contributed by atoms with Crippen molar-refractivity contribution in [3.63, 3.8) is 0 Å². The molecule has 96 valence electrons. The second-order valence-corrected chi connectivity index (χ2v) is 4.72. The van der Waals surface area contributed by atoms with Gasteiger partial charge in [0.2, 0.25) is 0 Å². The van der Waals surface area contributed by atoms with Crippen molar-refractivity contribution in [3.05, 3.63) is 51.6 Å². The first-order valence-corrected chi connectivity index (χ1v) is 6.09. The average molecular weight is 324 g/mol. The molecular formula is C13H8BrF2N3. The Morgan fingerprint density at radius 3 is 2.63 bits per heavy atom. The van der Waals surface area contributed by atoms with Crippen LogP contribution in [0.1, 0.15) is 11.3 Å². The normalized spacial score (nSPS) is 10.1. The lowest BCUT2D eigenvalue weighted by atomic mass is 10.2. The average Bonchev–Trinajstić information content (AvgIpc) is 2.33. The Hall–Kier alpha value is -2.00. The molecule has 0 amide bonds. The Morgan fingerprint density at radius 1 is 1.26 bits per heavy atom. The Labute approximate surface area is 117 Å². The minimum absolute atomic E-state index is 0.0726. The highest BCUT2D eigenvalue weighted by Gasteiger charge is 2.11. The molecule has 1 aromatic carbocycles. The van der Waals surface area contributed by atoms with Crippen molar-refractivity contribution in [2.75, 3.05) is 5.32 Å². The third-order valence-corrected chi connectivity index (χ3v) is 2.97. The molecule has 3 nitrogen and oxygen atoms in total. The van der Waals surface area contributed by atoms with Crippen LogP contribution < -0.4 is 5.32 Å². The van der Waals surface area contributed by atoms with Gasteiger partial charge in [0.15, 0.2) is 5.82 Å². The van der Waals surface area contributed by atoms with E-state index in [1.165, 1.54) is 6.07 Å². The van der Waals surface area contributed by atoms with E-state index >= 15 is 0 Å². The first-order chi connectivity index (χ1) is 8.99. The summed E-state index contributed by atoms with van der Waals surface area (Å²) in [6.45, 7) is 1.72.